The third kappa shape index (κ3) is 6.99. The maximum Gasteiger partial charge on any atom is 0.354 e. The first-order valence-electron chi connectivity index (χ1n) is 8.58. The Bertz CT molecular complexity index is 661. The summed E-state index contributed by atoms with van der Waals surface area (Å²) in [7, 11) is 0. The minimum Gasteiger partial charge on any atom is -0.477 e. The molecule has 0 bridgehead atoms. The number of carbonyl (C=O) groups is 1. The molecular weight excluding hydrogens is 316 g/mol. The van der Waals surface area contributed by atoms with Crippen LogP contribution < -0.4 is 10.6 Å². The second kappa shape index (κ2) is 9.86. The molecule has 0 saturated carbocycles. The Morgan fingerprint density at radius 3 is 2.60 bits per heavy atom. The number of carboxylic acids is 1. The Kier molecular flexibility index (Phi) is 7.50. The molecule has 2 aromatic heterocycles. The number of rotatable bonds is 10. The van der Waals surface area contributed by atoms with Crippen LogP contribution in [0.3, 0.4) is 0 Å². The fraction of sp³-hybridized carbons (Fsp3) is 0.421. The molecule has 25 heavy (non-hydrogen) atoms. The third-order valence-electron chi connectivity index (χ3n) is 3.78. The second-order valence-corrected chi connectivity index (χ2v) is 6.48. The average Bonchev–Trinajstić information content (AvgIpc) is 2.60. The summed E-state index contributed by atoms with van der Waals surface area (Å²) in [6.45, 7) is 6.46. The Hall–Kier alpha value is -2.31. The molecule has 0 fully saturated rings. The molecular formula is C19H26N4O2. The van der Waals surface area contributed by atoms with E-state index in [9.17, 15) is 4.79 Å². The van der Waals surface area contributed by atoms with Crippen molar-refractivity contribution in [2.45, 2.75) is 39.4 Å². The van der Waals surface area contributed by atoms with E-state index in [0.717, 1.165) is 30.9 Å². The van der Waals surface area contributed by atoms with Gasteiger partial charge in [0.05, 0.1) is 11.4 Å². The standard InChI is InChI=1S/C19H26N4O2/c1-14(2)10-17(22-13-15-6-3-4-9-21-15)12-20-11-16-7-5-8-18(23-16)19(24)25/h3-9,14,17,20,22H,10-13H2,1-2H3,(H,24,25). The van der Waals surface area contributed by atoms with Gasteiger partial charge >= 0.3 is 5.97 Å². The lowest BCUT2D eigenvalue weighted by Crippen LogP contribution is -2.39. The van der Waals surface area contributed by atoms with Crippen molar-refractivity contribution in [1.82, 2.24) is 20.6 Å². The molecule has 134 valence electrons. The van der Waals surface area contributed by atoms with Crippen molar-refractivity contribution in [2.75, 3.05) is 6.54 Å². The largest absolute Gasteiger partial charge is 0.477 e. The Morgan fingerprint density at radius 2 is 1.92 bits per heavy atom. The lowest BCUT2D eigenvalue weighted by atomic mass is 10.0. The zero-order chi connectivity index (χ0) is 18.1. The molecule has 2 aromatic rings. The number of hydrogen-bond acceptors (Lipinski definition) is 5. The highest BCUT2D eigenvalue weighted by molar-refractivity contribution is 5.85. The lowest BCUT2D eigenvalue weighted by Gasteiger charge is -2.21. The maximum atomic E-state index is 11.0. The molecule has 2 heterocycles. The average molecular weight is 342 g/mol. The predicted molar refractivity (Wildman–Crippen MR) is 97.2 cm³/mol. The van der Waals surface area contributed by atoms with Crippen molar-refractivity contribution in [2.24, 2.45) is 5.92 Å². The first-order chi connectivity index (χ1) is 12.0. The molecule has 0 aliphatic carbocycles. The molecule has 2 rings (SSSR count). The van der Waals surface area contributed by atoms with Gasteiger partial charge < -0.3 is 15.7 Å². The smallest absolute Gasteiger partial charge is 0.354 e. The van der Waals surface area contributed by atoms with Gasteiger partial charge in [0.2, 0.25) is 0 Å². The molecule has 0 aliphatic heterocycles. The zero-order valence-corrected chi connectivity index (χ0v) is 14.8. The summed E-state index contributed by atoms with van der Waals surface area (Å²) in [5, 5.41) is 15.9. The quantitative estimate of drug-likeness (QED) is 0.615. The van der Waals surface area contributed by atoms with Crippen molar-refractivity contribution in [3.05, 3.63) is 59.7 Å². The summed E-state index contributed by atoms with van der Waals surface area (Å²) in [6.07, 6.45) is 2.84. The van der Waals surface area contributed by atoms with Crippen LogP contribution in [0.4, 0.5) is 0 Å². The number of carboxylic acid groups (broad SMARTS) is 1. The summed E-state index contributed by atoms with van der Waals surface area (Å²) in [6, 6.07) is 11.3. The lowest BCUT2D eigenvalue weighted by molar-refractivity contribution is 0.0690. The predicted octanol–water partition coefficient (Wildman–Crippen LogP) is 2.47. The van der Waals surface area contributed by atoms with Crippen molar-refractivity contribution >= 4 is 5.97 Å². The van der Waals surface area contributed by atoms with Crippen LogP contribution in [0.1, 0.15) is 42.1 Å². The number of aromatic nitrogens is 2. The van der Waals surface area contributed by atoms with Crippen molar-refractivity contribution in [3.8, 4) is 0 Å². The fourth-order valence-corrected chi connectivity index (χ4v) is 2.63. The van der Waals surface area contributed by atoms with Crippen molar-refractivity contribution in [3.63, 3.8) is 0 Å². The van der Waals surface area contributed by atoms with Crippen LogP contribution in [0.5, 0.6) is 0 Å². The Morgan fingerprint density at radius 1 is 1.12 bits per heavy atom. The van der Waals surface area contributed by atoms with Crippen LogP contribution in [0, 0.1) is 5.92 Å². The number of hydrogen-bond donors (Lipinski definition) is 3. The molecule has 6 heteroatoms. The van der Waals surface area contributed by atoms with Gasteiger partial charge in [-0.15, -0.1) is 0 Å². The van der Waals surface area contributed by atoms with E-state index in [1.165, 1.54) is 6.07 Å². The molecule has 1 atom stereocenters. The van der Waals surface area contributed by atoms with E-state index in [2.05, 4.69) is 34.4 Å². The molecule has 6 nitrogen and oxygen atoms in total. The van der Waals surface area contributed by atoms with Crippen LogP contribution >= 0.6 is 0 Å². The molecule has 0 aromatic carbocycles. The van der Waals surface area contributed by atoms with Crippen molar-refractivity contribution in [1.29, 1.82) is 0 Å². The van der Waals surface area contributed by atoms with E-state index in [1.54, 1.807) is 12.3 Å². The van der Waals surface area contributed by atoms with E-state index in [-0.39, 0.29) is 5.69 Å². The highest BCUT2D eigenvalue weighted by atomic mass is 16.4. The summed E-state index contributed by atoms with van der Waals surface area (Å²) >= 11 is 0. The number of nitrogens with zero attached hydrogens (tertiary/aromatic N) is 2. The summed E-state index contributed by atoms with van der Waals surface area (Å²) < 4.78 is 0. The Balaban J connectivity index is 1.84. The van der Waals surface area contributed by atoms with Gasteiger partial charge in [0.15, 0.2) is 0 Å². The second-order valence-electron chi connectivity index (χ2n) is 6.48. The van der Waals surface area contributed by atoms with E-state index in [1.807, 2.05) is 24.3 Å². The minimum absolute atomic E-state index is 0.0753. The van der Waals surface area contributed by atoms with Gasteiger partial charge in [-0.05, 0) is 36.6 Å². The Labute approximate surface area is 148 Å². The highest BCUT2D eigenvalue weighted by Gasteiger charge is 2.11. The van der Waals surface area contributed by atoms with Crippen LogP contribution in [0.15, 0.2) is 42.6 Å². The van der Waals surface area contributed by atoms with Crippen LogP contribution in [-0.2, 0) is 13.1 Å². The van der Waals surface area contributed by atoms with Gasteiger partial charge in [-0.1, -0.05) is 26.0 Å². The summed E-state index contributed by atoms with van der Waals surface area (Å²) in [5.74, 6) is -0.423. The fourth-order valence-electron chi connectivity index (χ4n) is 2.63. The minimum atomic E-state index is -1.00. The molecule has 0 spiro atoms. The van der Waals surface area contributed by atoms with Crippen LogP contribution in [-0.4, -0.2) is 33.6 Å². The topological polar surface area (TPSA) is 87.1 Å². The summed E-state index contributed by atoms with van der Waals surface area (Å²) in [5.41, 5.74) is 1.83. The molecule has 3 N–H and O–H groups in total. The van der Waals surface area contributed by atoms with E-state index in [0.29, 0.717) is 18.5 Å². The van der Waals surface area contributed by atoms with Crippen molar-refractivity contribution < 1.29 is 9.90 Å². The van der Waals surface area contributed by atoms with Gasteiger partial charge in [-0.2, -0.15) is 0 Å². The first kappa shape index (κ1) is 19.0. The highest BCUT2D eigenvalue weighted by Crippen LogP contribution is 2.06. The zero-order valence-electron chi connectivity index (χ0n) is 14.8. The van der Waals surface area contributed by atoms with Crippen LogP contribution in [0.2, 0.25) is 0 Å². The maximum absolute atomic E-state index is 11.0. The first-order valence-corrected chi connectivity index (χ1v) is 8.58. The SMILES string of the molecule is CC(C)CC(CNCc1cccc(C(=O)O)n1)NCc1ccccn1. The molecule has 0 aliphatic rings. The van der Waals surface area contributed by atoms with Gasteiger partial charge in [0.25, 0.3) is 0 Å². The summed E-state index contributed by atoms with van der Waals surface area (Å²) in [4.78, 5) is 19.4. The van der Waals surface area contributed by atoms with E-state index in [4.69, 9.17) is 5.11 Å². The molecule has 0 saturated heterocycles. The van der Waals surface area contributed by atoms with E-state index >= 15 is 0 Å². The number of pyridine rings is 2. The number of aromatic carboxylic acids is 1. The normalized spacial score (nSPS) is 12.3. The molecule has 1 unspecified atom stereocenters. The van der Waals surface area contributed by atoms with Gasteiger partial charge in [0, 0.05) is 31.9 Å². The molecule has 0 amide bonds. The van der Waals surface area contributed by atoms with Crippen LogP contribution in [0.25, 0.3) is 0 Å². The monoisotopic (exact) mass is 342 g/mol. The van der Waals surface area contributed by atoms with Gasteiger partial charge in [-0.3, -0.25) is 4.98 Å². The van der Waals surface area contributed by atoms with E-state index < -0.39 is 5.97 Å². The molecule has 0 radical (unpaired) electrons. The van der Waals surface area contributed by atoms with Gasteiger partial charge in [-0.25, -0.2) is 9.78 Å². The van der Waals surface area contributed by atoms with Gasteiger partial charge in [0.1, 0.15) is 5.69 Å². The number of nitrogens with one attached hydrogen (secondary N) is 2. The third-order valence-corrected chi connectivity index (χ3v) is 3.78.